The van der Waals surface area contributed by atoms with Crippen molar-refractivity contribution in [2.24, 2.45) is 0 Å². The summed E-state index contributed by atoms with van der Waals surface area (Å²) in [6, 6.07) is 20.6. The van der Waals surface area contributed by atoms with Crippen LogP contribution in [0.25, 0.3) is 0 Å². The summed E-state index contributed by atoms with van der Waals surface area (Å²) in [7, 11) is 0. The van der Waals surface area contributed by atoms with Gasteiger partial charge < -0.3 is 5.32 Å². The van der Waals surface area contributed by atoms with E-state index in [0.29, 0.717) is 11.1 Å². The van der Waals surface area contributed by atoms with Crippen molar-refractivity contribution >= 4 is 17.4 Å². The third-order valence-corrected chi connectivity index (χ3v) is 5.00. The van der Waals surface area contributed by atoms with Crippen LogP contribution in [0.2, 0.25) is 0 Å². The minimum atomic E-state index is -0.372. The number of rotatable bonds is 5. The van der Waals surface area contributed by atoms with Crippen molar-refractivity contribution in [2.75, 3.05) is 5.32 Å². The fourth-order valence-electron chi connectivity index (χ4n) is 3.47. The van der Waals surface area contributed by atoms with Crippen LogP contribution >= 0.6 is 0 Å². The van der Waals surface area contributed by atoms with Gasteiger partial charge in [-0.05, 0) is 50.5 Å². The highest BCUT2D eigenvalue weighted by molar-refractivity contribution is 6.09. The van der Waals surface area contributed by atoms with Gasteiger partial charge in [-0.15, -0.1) is 0 Å². The average Bonchev–Trinajstić information content (AvgIpc) is 2.70. The Bertz CT molecular complexity index is 999. The molecule has 0 spiro atoms. The molecule has 3 aromatic rings. The van der Waals surface area contributed by atoms with Crippen molar-refractivity contribution in [2.45, 2.75) is 33.6 Å². The first-order valence-electron chi connectivity index (χ1n) is 9.45. The number of carbonyl (C=O) groups is 2. The second-order valence-corrected chi connectivity index (χ2v) is 7.31. The van der Waals surface area contributed by atoms with E-state index in [0.717, 1.165) is 22.4 Å². The number of nitrogens with one attached hydrogen (secondary N) is 1. The maximum absolute atomic E-state index is 12.9. The van der Waals surface area contributed by atoms with Gasteiger partial charge in [0.2, 0.25) is 5.91 Å². The highest BCUT2D eigenvalue weighted by Crippen LogP contribution is 2.25. The largest absolute Gasteiger partial charge is 0.325 e. The zero-order valence-corrected chi connectivity index (χ0v) is 16.7. The smallest absolute Gasteiger partial charge is 0.231 e. The third kappa shape index (κ3) is 4.20. The Morgan fingerprint density at radius 3 is 2.04 bits per heavy atom. The highest BCUT2D eigenvalue weighted by atomic mass is 16.2. The normalized spacial score (nSPS) is 11.7. The molecule has 28 heavy (non-hydrogen) atoms. The molecule has 1 N–H and O–H groups in total. The first-order chi connectivity index (χ1) is 13.4. The molecule has 0 saturated heterocycles. The van der Waals surface area contributed by atoms with Crippen molar-refractivity contribution in [3.63, 3.8) is 0 Å². The van der Waals surface area contributed by atoms with Crippen molar-refractivity contribution in [1.29, 1.82) is 0 Å². The Morgan fingerprint density at radius 2 is 1.39 bits per heavy atom. The molecule has 3 nitrogen and oxygen atoms in total. The summed E-state index contributed by atoms with van der Waals surface area (Å²) in [5.41, 5.74) is 6.18. The first-order valence-corrected chi connectivity index (χ1v) is 9.45. The minimum Gasteiger partial charge on any atom is -0.325 e. The molecule has 0 unspecified atom stereocenters. The first kappa shape index (κ1) is 19.6. The number of anilines is 1. The van der Waals surface area contributed by atoms with E-state index in [1.807, 2.05) is 64.1 Å². The minimum absolute atomic E-state index is 0.0414. The molecule has 1 amide bonds. The molecule has 0 aliphatic carbocycles. The summed E-state index contributed by atoms with van der Waals surface area (Å²) in [4.78, 5) is 25.6. The van der Waals surface area contributed by atoms with Crippen LogP contribution in [0.15, 0.2) is 66.7 Å². The van der Waals surface area contributed by atoms with E-state index >= 15 is 0 Å². The van der Waals surface area contributed by atoms with Crippen LogP contribution in [0.5, 0.6) is 0 Å². The SMILES string of the molecule is Cc1cc(C)c(NC(=O)[C@H](C)c2cccc(C(=O)c3ccccc3)c2)c(C)c1. The number of aryl methyl sites for hydroxylation is 3. The predicted molar refractivity (Wildman–Crippen MR) is 114 cm³/mol. The summed E-state index contributed by atoms with van der Waals surface area (Å²) in [5, 5.41) is 3.06. The second kappa shape index (κ2) is 8.22. The van der Waals surface area contributed by atoms with Gasteiger partial charge in [-0.3, -0.25) is 9.59 Å². The molecular weight excluding hydrogens is 346 g/mol. The summed E-state index contributed by atoms with van der Waals surface area (Å²) >= 11 is 0. The van der Waals surface area contributed by atoms with Crippen molar-refractivity contribution in [3.05, 3.63) is 100 Å². The van der Waals surface area contributed by atoms with Gasteiger partial charge in [0.1, 0.15) is 0 Å². The van der Waals surface area contributed by atoms with Crippen LogP contribution in [0.3, 0.4) is 0 Å². The van der Waals surface area contributed by atoms with Gasteiger partial charge in [0.25, 0.3) is 0 Å². The standard InChI is InChI=1S/C25H25NO2/c1-16-13-17(2)23(18(3)14-16)26-25(28)19(4)21-11-8-12-22(15-21)24(27)20-9-6-5-7-10-20/h5-15,19H,1-4H3,(H,26,28)/t19-/m1/s1. The fourth-order valence-corrected chi connectivity index (χ4v) is 3.47. The number of hydrogen-bond donors (Lipinski definition) is 1. The van der Waals surface area contributed by atoms with Crippen LogP contribution in [0, 0.1) is 20.8 Å². The molecule has 0 aliphatic rings. The van der Waals surface area contributed by atoms with Crippen LogP contribution in [0.1, 0.15) is 51.0 Å². The van der Waals surface area contributed by atoms with Crippen molar-refractivity contribution in [1.82, 2.24) is 0 Å². The maximum atomic E-state index is 12.9. The van der Waals surface area contributed by atoms with E-state index in [9.17, 15) is 9.59 Å². The number of amides is 1. The van der Waals surface area contributed by atoms with Gasteiger partial charge in [0, 0.05) is 16.8 Å². The molecule has 0 fully saturated rings. The van der Waals surface area contributed by atoms with Crippen LogP contribution in [0.4, 0.5) is 5.69 Å². The number of benzene rings is 3. The lowest BCUT2D eigenvalue weighted by atomic mass is 9.95. The number of carbonyl (C=O) groups excluding carboxylic acids is 2. The summed E-state index contributed by atoms with van der Waals surface area (Å²) in [6.45, 7) is 7.91. The molecule has 3 aromatic carbocycles. The molecule has 0 saturated carbocycles. The summed E-state index contributed by atoms with van der Waals surface area (Å²) in [6.07, 6.45) is 0. The van der Waals surface area contributed by atoms with Gasteiger partial charge >= 0.3 is 0 Å². The van der Waals surface area contributed by atoms with Gasteiger partial charge in [-0.1, -0.05) is 66.2 Å². The Morgan fingerprint density at radius 1 is 0.786 bits per heavy atom. The van der Waals surface area contributed by atoms with Crippen molar-refractivity contribution < 1.29 is 9.59 Å². The molecule has 0 bridgehead atoms. The Kier molecular flexibility index (Phi) is 5.74. The molecule has 3 heteroatoms. The predicted octanol–water partition coefficient (Wildman–Crippen LogP) is 5.59. The lowest BCUT2D eigenvalue weighted by molar-refractivity contribution is -0.117. The van der Waals surface area contributed by atoms with Gasteiger partial charge in [0.05, 0.1) is 5.92 Å². The molecule has 0 heterocycles. The molecule has 3 rings (SSSR count). The van der Waals surface area contributed by atoms with Crippen LogP contribution < -0.4 is 5.32 Å². The van der Waals surface area contributed by atoms with E-state index in [1.54, 1.807) is 18.2 Å². The Balaban J connectivity index is 1.82. The van der Waals surface area contributed by atoms with E-state index in [1.165, 1.54) is 5.56 Å². The summed E-state index contributed by atoms with van der Waals surface area (Å²) < 4.78 is 0. The van der Waals surface area contributed by atoms with Gasteiger partial charge in [0.15, 0.2) is 5.78 Å². The lowest BCUT2D eigenvalue weighted by Gasteiger charge is -2.17. The van der Waals surface area contributed by atoms with Crippen LogP contribution in [-0.4, -0.2) is 11.7 Å². The summed E-state index contributed by atoms with van der Waals surface area (Å²) in [5.74, 6) is -0.497. The van der Waals surface area contributed by atoms with E-state index in [4.69, 9.17) is 0 Å². The third-order valence-electron chi connectivity index (χ3n) is 5.00. The molecule has 1 atom stereocenters. The monoisotopic (exact) mass is 371 g/mol. The Hall–Kier alpha value is -3.20. The topological polar surface area (TPSA) is 46.2 Å². The van der Waals surface area contributed by atoms with E-state index < -0.39 is 0 Å². The van der Waals surface area contributed by atoms with E-state index in [2.05, 4.69) is 17.4 Å². The molecule has 0 radical (unpaired) electrons. The van der Waals surface area contributed by atoms with Crippen molar-refractivity contribution in [3.8, 4) is 0 Å². The zero-order chi connectivity index (χ0) is 20.3. The Labute approximate surface area is 166 Å². The van der Waals surface area contributed by atoms with Gasteiger partial charge in [-0.2, -0.15) is 0 Å². The molecule has 0 aliphatic heterocycles. The molecule has 142 valence electrons. The number of hydrogen-bond acceptors (Lipinski definition) is 2. The maximum Gasteiger partial charge on any atom is 0.231 e. The fraction of sp³-hybridized carbons (Fsp3) is 0.200. The quantitative estimate of drug-likeness (QED) is 0.595. The lowest BCUT2D eigenvalue weighted by Crippen LogP contribution is -2.20. The molecular formula is C25H25NO2. The number of ketones is 1. The highest BCUT2D eigenvalue weighted by Gasteiger charge is 2.19. The van der Waals surface area contributed by atoms with Crippen LogP contribution in [-0.2, 0) is 4.79 Å². The van der Waals surface area contributed by atoms with E-state index in [-0.39, 0.29) is 17.6 Å². The zero-order valence-electron chi connectivity index (χ0n) is 16.7. The second-order valence-electron chi connectivity index (χ2n) is 7.31. The molecule has 0 aromatic heterocycles. The average molecular weight is 371 g/mol. The van der Waals surface area contributed by atoms with Gasteiger partial charge in [-0.25, -0.2) is 0 Å².